The molecule has 1 heterocycles. The van der Waals surface area contributed by atoms with Crippen LogP contribution in [-0.2, 0) is 13.7 Å². The Bertz CT molecular complexity index is 285. The highest BCUT2D eigenvalue weighted by molar-refractivity contribution is 5.85. The quantitative estimate of drug-likeness (QED) is 0.539. The first-order valence-corrected chi connectivity index (χ1v) is 2.92. The zero-order valence-electron chi connectivity index (χ0n) is 6.30. The molecule has 68 valence electrons. The van der Waals surface area contributed by atoms with Gasteiger partial charge in [0.15, 0.2) is 0 Å². The van der Waals surface area contributed by atoms with Crippen molar-refractivity contribution in [3.05, 3.63) is 22.0 Å². The Balaban J connectivity index is 0.00000121. The standard InChI is InChI=1S/C5H7N3O3.ClH/c1-7-4(3-9)2-6-5(7)8(10)11;/h2,9H,3H2,1H3;1H. The van der Waals surface area contributed by atoms with Crippen LogP contribution in [0.25, 0.3) is 0 Å². The molecule has 0 spiro atoms. The van der Waals surface area contributed by atoms with Crippen LogP contribution in [0.2, 0.25) is 0 Å². The molecular weight excluding hydrogens is 186 g/mol. The number of halogens is 1. The molecule has 0 radical (unpaired) electrons. The van der Waals surface area contributed by atoms with Crippen molar-refractivity contribution >= 4 is 18.4 Å². The first-order chi connectivity index (χ1) is 5.16. The normalized spacial score (nSPS) is 9.17. The van der Waals surface area contributed by atoms with Crippen molar-refractivity contribution in [2.45, 2.75) is 6.61 Å². The van der Waals surface area contributed by atoms with Crippen LogP contribution in [0.15, 0.2) is 6.20 Å². The molecule has 0 atom stereocenters. The molecule has 0 fully saturated rings. The number of hydrogen-bond acceptors (Lipinski definition) is 4. The minimum absolute atomic E-state index is 0. The summed E-state index contributed by atoms with van der Waals surface area (Å²) in [7, 11) is 1.48. The lowest BCUT2D eigenvalue weighted by molar-refractivity contribution is -0.396. The maximum absolute atomic E-state index is 10.2. The maximum atomic E-state index is 10.2. The van der Waals surface area contributed by atoms with Crippen LogP contribution in [0, 0.1) is 10.1 Å². The van der Waals surface area contributed by atoms with Gasteiger partial charge in [0.2, 0.25) is 0 Å². The lowest BCUT2D eigenvalue weighted by Gasteiger charge is -1.94. The molecule has 0 aliphatic rings. The Labute approximate surface area is 74.4 Å². The van der Waals surface area contributed by atoms with E-state index < -0.39 is 4.92 Å². The van der Waals surface area contributed by atoms with Crippen LogP contribution in [0.3, 0.4) is 0 Å². The molecule has 0 aromatic carbocycles. The second-order valence-corrected chi connectivity index (χ2v) is 2.02. The van der Waals surface area contributed by atoms with E-state index in [2.05, 4.69) is 4.98 Å². The third-order valence-corrected chi connectivity index (χ3v) is 1.39. The summed E-state index contributed by atoms with van der Waals surface area (Å²) in [6, 6.07) is 0. The van der Waals surface area contributed by atoms with Gasteiger partial charge in [-0.15, -0.1) is 12.4 Å². The van der Waals surface area contributed by atoms with Gasteiger partial charge in [0.1, 0.15) is 18.5 Å². The smallest absolute Gasteiger partial charge is 0.390 e. The summed E-state index contributed by atoms with van der Waals surface area (Å²) in [5.74, 6) is -0.256. The van der Waals surface area contributed by atoms with Crippen molar-refractivity contribution < 1.29 is 10.0 Å². The zero-order valence-corrected chi connectivity index (χ0v) is 7.11. The monoisotopic (exact) mass is 193 g/mol. The van der Waals surface area contributed by atoms with Gasteiger partial charge in [0.05, 0.1) is 7.05 Å². The van der Waals surface area contributed by atoms with Gasteiger partial charge in [-0.3, -0.25) is 0 Å². The lowest BCUT2D eigenvalue weighted by atomic mass is 10.5. The van der Waals surface area contributed by atoms with Gasteiger partial charge < -0.3 is 15.2 Å². The first-order valence-electron chi connectivity index (χ1n) is 2.92. The van der Waals surface area contributed by atoms with Gasteiger partial charge >= 0.3 is 5.95 Å². The second-order valence-electron chi connectivity index (χ2n) is 2.02. The number of hydrogen-bond donors (Lipinski definition) is 1. The van der Waals surface area contributed by atoms with E-state index >= 15 is 0 Å². The highest BCUT2D eigenvalue weighted by Gasteiger charge is 2.15. The minimum atomic E-state index is -0.598. The van der Waals surface area contributed by atoms with E-state index in [-0.39, 0.29) is 25.0 Å². The average molecular weight is 194 g/mol. The summed E-state index contributed by atoms with van der Waals surface area (Å²) in [6.07, 6.45) is 1.28. The van der Waals surface area contributed by atoms with Crippen LogP contribution in [0.4, 0.5) is 5.95 Å². The predicted octanol–water partition coefficient (Wildman–Crippen LogP) is 0.242. The van der Waals surface area contributed by atoms with Crippen LogP contribution in [0.1, 0.15) is 5.69 Å². The van der Waals surface area contributed by atoms with Crippen molar-refractivity contribution in [3.63, 3.8) is 0 Å². The highest BCUT2D eigenvalue weighted by Crippen LogP contribution is 2.09. The van der Waals surface area contributed by atoms with Gasteiger partial charge in [0, 0.05) is 0 Å². The summed E-state index contributed by atoms with van der Waals surface area (Å²) in [6.45, 7) is -0.239. The SMILES string of the molecule is Cl.Cn1c(CO)cnc1[N+](=O)[O-]. The number of rotatable bonds is 2. The Morgan fingerprint density at radius 2 is 2.42 bits per heavy atom. The topological polar surface area (TPSA) is 81.2 Å². The molecule has 0 unspecified atom stereocenters. The third-order valence-electron chi connectivity index (χ3n) is 1.39. The molecule has 1 aromatic heterocycles. The molecule has 1 aromatic rings. The molecule has 0 saturated carbocycles. The summed E-state index contributed by atoms with van der Waals surface area (Å²) in [5, 5.41) is 18.8. The van der Waals surface area contributed by atoms with Gasteiger partial charge in [-0.25, -0.2) is 4.57 Å². The summed E-state index contributed by atoms with van der Waals surface area (Å²) in [4.78, 5) is 13.1. The Morgan fingerprint density at radius 1 is 1.83 bits per heavy atom. The molecule has 1 rings (SSSR count). The number of nitro groups is 1. The molecule has 0 aliphatic carbocycles. The minimum Gasteiger partial charge on any atom is -0.390 e. The predicted molar refractivity (Wildman–Crippen MR) is 43.0 cm³/mol. The van der Waals surface area contributed by atoms with Crippen LogP contribution < -0.4 is 0 Å². The molecule has 0 saturated heterocycles. The molecule has 0 aliphatic heterocycles. The van der Waals surface area contributed by atoms with Crippen molar-refractivity contribution in [1.29, 1.82) is 0 Å². The Kier molecular flexibility index (Phi) is 3.65. The van der Waals surface area contributed by atoms with Crippen molar-refractivity contribution in [2.24, 2.45) is 7.05 Å². The van der Waals surface area contributed by atoms with E-state index in [1.807, 2.05) is 0 Å². The van der Waals surface area contributed by atoms with E-state index in [0.29, 0.717) is 5.69 Å². The largest absolute Gasteiger partial charge is 0.434 e. The average Bonchev–Trinajstić information content (AvgIpc) is 2.30. The molecule has 12 heavy (non-hydrogen) atoms. The van der Waals surface area contributed by atoms with Crippen LogP contribution in [-0.4, -0.2) is 19.6 Å². The van der Waals surface area contributed by atoms with E-state index in [1.165, 1.54) is 17.8 Å². The van der Waals surface area contributed by atoms with Gasteiger partial charge in [-0.1, -0.05) is 4.98 Å². The summed E-state index contributed by atoms with van der Waals surface area (Å²) in [5.41, 5.74) is 0.428. The molecular formula is C5H8ClN3O3. The van der Waals surface area contributed by atoms with Gasteiger partial charge in [-0.2, -0.15) is 0 Å². The number of nitrogens with zero attached hydrogens (tertiary/aromatic N) is 3. The fourth-order valence-electron chi connectivity index (χ4n) is 0.750. The van der Waals surface area contributed by atoms with E-state index in [1.54, 1.807) is 0 Å². The number of imidazole rings is 1. The number of aliphatic hydroxyl groups is 1. The second kappa shape index (κ2) is 4.03. The van der Waals surface area contributed by atoms with Crippen molar-refractivity contribution in [1.82, 2.24) is 9.55 Å². The summed E-state index contributed by atoms with van der Waals surface area (Å²) < 4.78 is 1.24. The molecule has 6 nitrogen and oxygen atoms in total. The third kappa shape index (κ3) is 1.72. The van der Waals surface area contributed by atoms with E-state index in [0.717, 1.165) is 0 Å². The fourth-order valence-corrected chi connectivity index (χ4v) is 0.750. The maximum Gasteiger partial charge on any atom is 0.434 e. The van der Waals surface area contributed by atoms with Crippen molar-refractivity contribution in [2.75, 3.05) is 0 Å². The molecule has 0 bridgehead atoms. The Hall–Kier alpha value is -1.14. The van der Waals surface area contributed by atoms with Crippen LogP contribution in [0.5, 0.6) is 0 Å². The Morgan fingerprint density at radius 3 is 2.67 bits per heavy atom. The van der Waals surface area contributed by atoms with Gasteiger partial charge in [0.25, 0.3) is 0 Å². The van der Waals surface area contributed by atoms with E-state index in [4.69, 9.17) is 5.11 Å². The first kappa shape index (κ1) is 10.9. The van der Waals surface area contributed by atoms with Gasteiger partial charge in [-0.05, 0) is 4.92 Å². The van der Waals surface area contributed by atoms with Crippen LogP contribution >= 0.6 is 12.4 Å². The highest BCUT2D eigenvalue weighted by atomic mass is 35.5. The lowest BCUT2D eigenvalue weighted by Crippen LogP contribution is -2.01. The fraction of sp³-hybridized carbons (Fsp3) is 0.400. The van der Waals surface area contributed by atoms with Crippen molar-refractivity contribution in [3.8, 4) is 0 Å². The zero-order chi connectivity index (χ0) is 8.43. The number of aliphatic hydroxyl groups excluding tert-OH is 1. The molecule has 0 amide bonds. The van der Waals surface area contributed by atoms with E-state index in [9.17, 15) is 10.1 Å². The summed E-state index contributed by atoms with van der Waals surface area (Å²) >= 11 is 0. The number of aromatic nitrogens is 2. The molecule has 1 N–H and O–H groups in total. The molecule has 7 heteroatoms.